The molecule has 40 heavy (non-hydrogen) atoms. The van der Waals surface area contributed by atoms with Crippen LogP contribution in [0.15, 0.2) is 61.1 Å². The zero-order chi connectivity index (χ0) is 28.3. The predicted octanol–water partition coefficient (Wildman–Crippen LogP) is 4.04. The molecular formula is C29H32N6O4S. The minimum atomic E-state index is -3.51. The number of nitrogens with zero attached hydrogens (tertiary/aromatic N) is 5. The number of sulfonamides is 1. The summed E-state index contributed by atoms with van der Waals surface area (Å²) in [6, 6.07) is 12.4. The lowest BCUT2D eigenvalue weighted by molar-refractivity contribution is -0.123. The maximum Gasteiger partial charge on any atom is 0.332 e. The molecule has 1 saturated carbocycles. The molecule has 6 rings (SSSR count). The SMILES string of the molecule is CC1(C)C(=O)N(c2ccc3c(c2)N(S(C)(=O)=O)CC32CCC2)C(=O)N1Cc1ccnc(NCc2cccnc2)c1. The quantitative estimate of drug-likeness (QED) is 0.434. The summed E-state index contributed by atoms with van der Waals surface area (Å²) in [6.07, 6.45) is 9.29. The number of anilines is 3. The zero-order valence-corrected chi connectivity index (χ0v) is 23.6. The number of benzene rings is 1. The van der Waals surface area contributed by atoms with E-state index in [2.05, 4.69) is 15.3 Å². The number of carbonyl (C=O) groups is 2. The van der Waals surface area contributed by atoms with E-state index >= 15 is 0 Å². The second kappa shape index (κ2) is 9.29. The fraction of sp³-hybridized carbons (Fsp3) is 0.379. The standard InChI is InChI=1S/C29H32N6O4S/c1-28(2)26(36)35(22-7-8-23-24(15-22)34(40(3,38)39)19-29(23)10-5-11-29)27(37)33(28)18-20-9-13-31-25(14-20)32-17-21-6-4-12-30-16-21/h4,6-9,12-16H,5,10-11,17-19H2,1-3H3,(H,31,32). The number of hydrogen-bond donors (Lipinski definition) is 1. The monoisotopic (exact) mass is 560 g/mol. The highest BCUT2D eigenvalue weighted by Crippen LogP contribution is 2.54. The Morgan fingerprint density at radius 1 is 1.02 bits per heavy atom. The van der Waals surface area contributed by atoms with Crippen molar-refractivity contribution in [3.63, 3.8) is 0 Å². The lowest BCUT2D eigenvalue weighted by Crippen LogP contribution is -2.43. The van der Waals surface area contributed by atoms with Crippen LogP contribution in [-0.2, 0) is 33.3 Å². The van der Waals surface area contributed by atoms with Gasteiger partial charge in [-0.3, -0.25) is 14.1 Å². The van der Waals surface area contributed by atoms with E-state index in [-0.39, 0.29) is 17.9 Å². The first-order valence-electron chi connectivity index (χ1n) is 13.4. The molecule has 1 N–H and O–H groups in total. The first-order chi connectivity index (χ1) is 19.0. The summed E-state index contributed by atoms with van der Waals surface area (Å²) in [5.74, 6) is 0.294. The summed E-state index contributed by atoms with van der Waals surface area (Å²) >= 11 is 0. The Morgan fingerprint density at radius 3 is 2.50 bits per heavy atom. The molecule has 1 spiro atoms. The Balaban J connectivity index is 1.26. The number of aromatic nitrogens is 2. The van der Waals surface area contributed by atoms with Crippen LogP contribution in [0.4, 0.5) is 22.0 Å². The number of nitrogens with one attached hydrogen (secondary N) is 1. The van der Waals surface area contributed by atoms with E-state index in [0.717, 1.165) is 36.0 Å². The van der Waals surface area contributed by atoms with Crippen LogP contribution in [-0.4, -0.2) is 53.6 Å². The van der Waals surface area contributed by atoms with E-state index in [1.807, 2.05) is 30.3 Å². The predicted molar refractivity (Wildman–Crippen MR) is 152 cm³/mol. The van der Waals surface area contributed by atoms with Crippen molar-refractivity contribution in [1.82, 2.24) is 14.9 Å². The summed E-state index contributed by atoms with van der Waals surface area (Å²) in [5.41, 5.74) is 2.48. The summed E-state index contributed by atoms with van der Waals surface area (Å²) in [7, 11) is -3.51. The molecule has 3 aliphatic rings. The Labute approximate surface area is 234 Å². The summed E-state index contributed by atoms with van der Waals surface area (Å²) < 4.78 is 26.7. The molecule has 1 aromatic carbocycles. The Hall–Kier alpha value is -3.99. The summed E-state index contributed by atoms with van der Waals surface area (Å²) in [4.78, 5) is 38.6. The third-order valence-electron chi connectivity index (χ3n) is 8.42. The number of urea groups is 1. The molecule has 2 aliphatic heterocycles. The molecule has 3 amide bonds. The van der Waals surface area contributed by atoms with Gasteiger partial charge in [-0.15, -0.1) is 0 Å². The van der Waals surface area contributed by atoms with Gasteiger partial charge in [0.2, 0.25) is 10.0 Å². The van der Waals surface area contributed by atoms with E-state index in [1.165, 1.54) is 15.5 Å². The molecular weight excluding hydrogens is 528 g/mol. The first-order valence-corrected chi connectivity index (χ1v) is 15.2. The third kappa shape index (κ3) is 4.28. The van der Waals surface area contributed by atoms with E-state index in [9.17, 15) is 18.0 Å². The molecule has 11 heteroatoms. The highest BCUT2D eigenvalue weighted by molar-refractivity contribution is 7.92. The van der Waals surface area contributed by atoms with Gasteiger partial charge in [-0.2, -0.15) is 0 Å². The third-order valence-corrected chi connectivity index (χ3v) is 9.55. The van der Waals surface area contributed by atoms with Crippen LogP contribution >= 0.6 is 0 Å². The zero-order valence-electron chi connectivity index (χ0n) is 22.8. The molecule has 2 fully saturated rings. The van der Waals surface area contributed by atoms with Crippen LogP contribution in [0.25, 0.3) is 0 Å². The minimum absolute atomic E-state index is 0.175. The molecule has 1 aliphatic carbocycles. The average Bonchev–Trinajstić information content (AvgIpc) is 3.34. The highest BCUT2D eigenvalue weighted by atomic mass is 32.2. The number of amides is 3. The van der Waals surface area contributed by atoms with Crippen molar-refractivity contribution in [2.75, 3.05) is 27.3 Å². The maximum atomic E-state index is 13.8. The molecule has 3 aromatic rings. The van der Waals surface area contributed by atoms with Crippen molar-refractivity contribution < 1.29 is 18.0 Å². The largest absolute Gasteiger partial charge is 0.366 e. The van der Waals surface area contributed by atoms with Crippen molar-refractivity contribution in [2.24, 2.45) is 0 Å². The summed E-state index contributed by atoms with van der Waals surface area (Å²) in [5, 5.41) is 3.27. The highest BCUT2D eigenvalue weighted by Gasteiger charge is 2.53. The molecule has 0 unspecified atom stereocenters. The van der Waals surface area contributed by atoms with Crippen molar-refractivity contribution in [2.45, 2.75) is 57.2 Å². The second-order valence-electron chi connectivity index (χ2n) is 11.4. The van der Waals surface area contributed by atoms with E-state index in [4.69, 9.17) is 0 Å². The average molecular weight is 561 g/mol. The molecule has 1 saturated heterocycles. The number of imide groups is 1. The fourth-order valence-electron chi connectivity index (χ4n) is 5.96. The van der Waals surface area contributed by atoms with Gasteiger partial charge < -0.3 is 10.2 Å². The number of fused-ring (bicyclic) bond motifs is 2. The van der Waals surface area contributed by atoms with Crippen LogP contribution in [0, 0.1) is 0 Å². The molecule has 4 heterocycles. The number of pyridine rings is 2. The second-order valence-corrected chi connectivity index (χ2v) is 13.3. The Kier molecular flexibility index (Phi) is 6.10. The van der Waals surface area contributed by atoms with Crippen molar-refractivity contribution >= 4 is 39.2 Å². The fourth-order valence-corrected chi connectivity index (χ4v) is 6.95. The molecule has 0 bridgehead atoms. The van der Waals surface area contributed by atoms with Gasteiger partial charge in [0.05, 0.1) is 17.6 Å². The summed E-state index contributed by atoms with van der Waals surface area (Å²) in [6.45, 7) is 4.63. The van der Waals surface area contributed by atoms with Gasteiger partial charge in [0.15, 0.2) is 0 Å². The van der Waals surface area contributed by atoms with Crippen LogP contribution in [0.3, 0.4) is 0 Å². The minimum Gasteiger partial charge on any atom is -0.366 e. The van der Waals surface area contributed by atoms with Crippen molar-refractivity contribution in [3.8, 4) is 0 Å². The van der Waals surface area contributed by atoms with Crippen LogP contribution in [0.5, 0.6) is 0 Å². The number of carbonyl (C=O) groups excluding carboxylic acids is 2. The van der Waals surface area contributed by atoms with Crippen LogP contribution in [0.1, 0.15) is 49.8 Å². The van der Waals surface area contributed by atoms with Gasteiger partial charge in [0, 0.05) is 43.6 Å². The smallest absolute Gasteiger partial charge is 0.332 e. The first kappa shape index (κ1) is 26.2. The van der Waals surface area contributed by atoms with Gasteiger partial charge in [-0.1, -0.05) is 18.6 Å². The Bertz CT molecular complexity index is 1600. The van der Waals surface area contributed by atoms with Crippen LogP contribution in [0.2, 0.25) is 0 Å². The van der Waals surface area contributed by atoms with Crippen molar-refractivity contribution in [1.29, 1.82) is 0 Å². The molecule has 0 atom stereocenters. The van der Waals surface area contributed by atoms with E-state index in [1.54, 1.807) is 49.5 Å². The van der Waals surface area contributed by atoms with Gasteiger partial charge in [0.25, 0.3) is 5.91 Å². The van der Waals surface area contributed by atoms with Gasteiger partial charge >= 0.3 is 6.03 Å². The number of rotatable bonds is 7. The van der Waals surface area contributed by atoms with Gasteiger partial charge in [-0.05, 0) is 73.7 Å². The Morgan fingerprint density at radius 2 is 1.82 bits per heavy atom. The van der Waals surface area contributed by atoms with Crippen LogP contribution < -0.4 is 14.5 Å². The van der Waals surface area contributed by atoms with Gasteiger partial charge in [0.1, 0.15) is 11.4 Å². The molecule has 10 nitrogen and oxygen atoms in total. The lowest BCUT2D eigenvalue weighted by Gasteiger charge is -2.38. The topological polar surface area (TPSA) is 116 Å². The molecule has 0 radical (unpaired) electrons. The van der Waals surface area contributed by atoms with Gasteiger partial charge in [-0.25, -0.2) is 23.1 Å². The van der Waals surface area contributed by atoms with Crippen molar-refractivity contribution in [3.05, 3.63) is 77.7 Å². The normalized spacial score (nSPS) is 19.2. The maximum absolute atomic E-state index is 13.8. The number of hydrogen-bond acceptors (Lipinski definition) is 7. The lowest BCUT2D eigenvalue weighted by atomic mass is 9.66. The molecule has 2 aromatic heterocycles. The van der Waals surface area contributed by atoms with E-state index in [0.29, 0.717) is 30.3 Å². The molecule has 208 valence electrons. The van der Waals surface area contributed by atoms with E-state index < -0.39 is 21.6 Å².